The summed E-state index contributed by atoms with van der Waals surface area (Å²) in [5.74, 6) is -0.321. The van der Waals surface area contributed by atoms with E-state index in [1.54, 1.807) is 12.3 Å². The number of aliphatic hydroxyl groups excluding tert-OH is 2. The monoisotopic (exact) mass is 347 g/mol. The van der Waals surface area contributed by atoms with Gasteiger partial charge in [0.25, 0.3) is 5.91 Å². The molecule has 0 atom stereocenters. The van der Waals surface area contributed by atoms with Gasteiger partial charge in [-0.2, -0.15) is 0 Å². The van der Waals surface area contributed by atoms with Crippen LogP contribution in [0.2, 0.25) is 0 Å². The van der Waals surface area contributed by atoms with Crippen LogP contribution in [0.1, 0.15) is 36.0 Å². The van der Waals surface area contributed by atoms with Crippen LogP contribution in [0.15, 0.2) is 24.4 Å². The van der Waals surface area contributed by atoms with Crippen LogP contribution < -0.4 is 10.6 Å². The van der Waals surface area contributed by atoms with Crippen molar-refractivity contribution in [3.63, 3.8) is 0 Å². The first-order valence-electron chi connectivity index (χ1n) is 8.50. The number of aromatic nitrogens is 1. The summed E-state index contributed by atoms with van der Waals surface area (Å²) in [5, 5.41) is 25.5. The van der Waals surface area contributed by atoms with Crippen LogP contribution in [0.4, 0.5) is 10.2 Å². The zero-order valence-corrected chi connectivity index (χ0v) is 13.8. The zero-order valence-electron chi connectivity index (χ0n) is 13.8. The van der Waals surface area contributed by atoms with Crippen LogP contribution in [0.3, 0.4) is 0 Å². The first-order chi connectivity index (χ1) is 12.1. The van der Waals surface area contributed by atoms with Crippen molar-refractivity contribution in [2.75, 3.05) is 18.5 Å². The maximum Gasteiger partial charge on any atom is 0.252 e. The van der Waals surface area contributed by atoms with Gasteiger partial charge in [-0.25, -0.2) is 9.37 Å². The number of fused-ring (bicyclic) bond motifs is 1. The summed E-state index contributed by atoms with van der Waals surface area (Å²) in [6, 6.07) is 4.50. The van der Waals surface area contributed by atoms with Gasteiger partial charge in [0.05, 0.1) is 18.3 Å². The molecular weight excluding hydrogens is 325 g/mol. The van der Waals surface area contributed by atoms with Gasteiger partial charge in [-0.1, -0.05) is 0 Å². The number of halogens is 1. The van der Waals surface area contributed by atoms with Gasteiger partial charge in [0, 0.05) is 24.2 Å². The van der Waals surface area contributed by atoms with Gasteiger partial charge in [-0.15, -0.1) is 0 Å². The van der Waals surface area contributed by atoms with Crippen molar-refractivity contribution in [1.29, 1.82) is 0 Å². The topological polar surface area (TPSA) is 94.5 Å². The molecule has 1 aliphatic carbocycles. The Morgan fingerprint density at radius 1 is 1.24 bits per heavy atom. The Bertz CT molecular complexity index is 761. The molecule has 2 aromatic rings. The Morgan fingerprint density at radius 3 is 2.72 bits per heavy atom. The molecule has 1 aliphatic rings. The van der Waals surface area contributed by atoms with Gasteiger partial charge < -0.3 is 20.8 Å². The average molecular weight is 347 g/mol. The molecule has 1 saturated carbocycles. The van der Waals surface area contributed by atoms with Crippen LogP contribution in [-0.2, 0) is 0 Å². The van der Waals surface area contributed by atoms with Crippen LogP contribution in [0, 0.1) is 5.82 Å². The maximum atomic E-state index is 13.8. The minimum atomic E-state index is -0.509. The number of carbonyl (C=O) groups excluding carboxylic acids is 1. The van der Waals surface area contributed by atoms with E-state index in [0.29, 0.717) is 16.6 Å². The fourth-order valence-electron chi connectivity index (χ4n) is 3.18. The number of anilines is 1. The number of hydrogen-bond donors (Lipinski definition) is 4. The molecule has 0 radical (unpaired) electrons. The Labute approximate surface area is 145 Å². The molecule has 1 heterocycles. The number of aliphatic hydroxyl groups is 2. The molecule has 0 bridgehead atoms. The van der Waals surface area contributed by atoms with E-state index in [1.165, 1.54) is 12.1 Å². The number of rotatable bonds is 5. The molecule has 6 nitrogen and oxygen atoms in total. The van der Waals surface area contributed by atoms with E-state index in [9.17, 15) is 14.3 Å². The van der Waals surface area contributed by atoms with E-state index in [-0.39, 0.29) is 30.9 Å². The number of benzene rings is 1. The predicted octanol–water partition coefficient (Wildman–Crippen LogP) is 1.81. The van der Waals surface area contributed by atoms with Crippen LogP contribution in [-0.4, -0.2) is 46.4 Å². The Hall–Kier alpha value is -2.25. The average Bonchev–Trinajstić information content (AvgIpc) is 2.61. The summed E-state index contributed by atoms with van der Waals surface area (Å²) in [4.78, 5) is 16.6. The Kier molecular flexibility index (Phi) is 5.45. The van der Waals surface area contributed by atoms with Gasteiger partial charge in [-0.3, -0.25) is 4.79 Å². The number of amides is 1. The fraction of sp³-hybridized carbons (Fsp3) is 0.444. The highest BCUT2D eigenvalue weighted by Gasteiger charge is 2.20. The fourth-order valence-corrected chi connectivity index (χ4v) is 3.18. The summed E-state index contributed by atoms with van der Waals surface area (Å²) >= 11 is 0. The summed E-state index contributed by atoms with van der Waals surface area (Å²) in [6.45, 7) is -0.0711. The summed E-state index contributed by atoms with van der Waals surface area (Å²) in [7, 11) is 0. The molecule has 0 aliphatic heterocycles. The molecule has 134 valence electrons. The molecule has 7 heteroatoms. The molecule has 1 aromatic carbocycles. The minimum Gasteiger partial charge on any atom is -0.395 e. The number of nitrogens with one attached hydrogen (secondary N) is 2. The van der Waals surface area contributed by atoms with Gasteiger partial charge >= 0.3 is 0 Å². The van der Waals surface area contributed by atoms with Gasteiger partial charge in [0.1, 0.15) is 11.6 Å². The van der Waals surface area contributed by atoms with Crippen LogP contribution >= 0.6 is 0 Å². The Morgan fingerprint density at radius 2 is 2.00 bits per heavy atom. The van der Waals surface area contributed by atoms with Gasteiger partial charge in [0.15, 0.2) is 0 Å². The highest BCUT2D eigenvalue weighted by molar-refractivity contribution is 6.07. The molecule has 1 aromatic heterocycles. The van der Waals surface area contributed by atoms with E-state index in [2.05, 4.69) is 15.6 Å². The molecule has 3 rings (SSSR count). The van der Waals surface area contributed by atoms with E-state index in [1.807, 2.05) is 0 Å². The third-order valence-electron chi connectivity index (χ3n) is 4.49. The molecule has 0 saturated heterocycles. The lowest BCUT2D eigenvalue weighted by Gasteiger charge is -2.26. The second-order valence-electron chi connectivity index (χ2n) is 6.37. The predicted molar refractivity (Wildman–Crippen MR) is 93.0 cm³/mol. The highest BCUT2D eigenvalue weighted by Crippen LogP contribution is 2.25. The standard InChI is InChI=1S/C18H22FN3O3/c19-12-7-11-10-21-17(22-13-1-3-14(24)4-2-13)9-15(11)16(8-12)18(25)20-5-6-23/h7-10,13-14,23-24H,1-6H2,(H,20,25)(H,21,22)/t13-,14-. The number of hydrogen-bond acceptors (Lipinski definition) is 5. The van der Waals surface area contributed by atoms with E-state index >= 15 is 0 Å². The van der Waals surface area contributed by atoms with E-state index in [0.717, 1.165) is 25.7 Å². The minimum absolute atomic E-state index is 0.109. The first-order valence-corrected chi connectivity index (χ1v) is 8.50. The van der Waals surface area contributed by atoms with Crippen molar-refractivity contribution in [3.05, 3.63) is 35.8 Å². The van der Waals surface area contributed by atoms with Crippen molar-refractivity contribution in [3.8, 4) is 0 Å². The van der Waals surface area contributed by atoms with Crippen molar-refractivity contribution >= 4 is 22.5 Å². The summed E-state index contributed by atoms with van der Waals surface area (Å²) in [6.07, 6.45) is 4.53. The smallest absolute Gasteiger partial charge is 0.252 e. The molecular formula is C18H22FN3O3. The Balaban J connectivity index is 1.87. The molecule has 4 N–H and O–H groups in total. The lowest BCUT2D eigenvalue weighted by atomic mass is 9.93. The first kappa shape index (κ1) is 17.6. The van der Waals surface area contributed by atoms with Crippen LogP contribution in [0.25, 0.3) is 10.8 Å². The molecule has 0 spiro atoms. The lowest BCUT2D eigenvalue weighted by molar-refractivity contribution is 0.0946. The van der Waals surface area contributed by atoms with Crippen molar-refractivity contribution < 1.29 is 19.4 Å². The number of carbonyl (C=O) groups is 1. The lowest BCUT2D eigenvalue weighted by Crippen LogP contribution is -2.28. The highest BCUT2D eigenvalue weighted by atomic mass is 19.1. The third kappa shape index (κ3) is 4.24. The van der Waals surface area contributed by atoms with Crippen molar-refractivity contribution in [2.45, 2.75) is 37.8 Å². The zero-order chi connectivity index (χ0) is 17.8. The summed E-state index contributed by atoms with van der Waals surface area (Å²) in [5.41, 5.74) is 0.216. The SMILES string of the molecule is O=C(NCCO)c1cc(F)cc2cnc(N[C@H]3CC[C@H](O)CC3)cc12. The van der Waals surface area contributed by atoms with Crippen molar-refractivity contribution in [1.82, 2.24) is 10.3 Å². The van der Waals surface area contributed by atoms with Crippen molar-refractivity contribution in [2.24, 2.45) is 0 Å². The van der Waals surface area contributed by atoms with E-state index < -0.39 is 11.7 Å². The van der Waals surface area contributed by atoms with Gasteiger partial charge in [0.2, 0.25) is 0 Å². The van der Waals surface area contributed by atoms with Gasteiger partial charge in [-0.05, 0) is 49.3 Å². The number of nitrogens with zero attached hydrogens (tertiary/aromatic N) is 1. The number of pyridine rings is 1. The second kappa shape index (κ2) is 7.76. The largest absolute Gasteiger partial charge is 0.395 e. The maximum absolute atomic E-state index is 13.8. The molecule has 1 amide bonds. The second-order valence-corrected chi connectivity index (χ2v) is 6.37. The third-order valence-corrected chi connectivity index (χ3v) is 4.49. The van der Waals surface area contributed by atoms with Crippen LogP contribution in [0.5, 0.6) is 0 Å². The van der Waals surface area contributed by atoms with E-state index in [4.69, 9.17) is 5.11 Å². The molecule has 25 heavy (non-hydrogen) atoms. The molecule has 1 fully saturated rings. The molecule has 0 unspecified atom stereocenters. The summed E-state index contributed by atoms with van der Waals surface area (Å²) < 4.78 is 13.8. The normalized spacial score (nSPS) is 20.4. The quantitative estimate of drug-likeness (QED) is 0.662.